The fraction of sp³-hybridized carbons (Fsp3) is 0.133. The largest absolute Gasteiger partial charge is 0.412 e. The Morgan fingerprint density at radius 2 is 1.57 bits per heavy atom. The van der Waals surface area contributed by atoms with Crippen LogP contribution in [0.25, 0.3) is 0 Å². The number of benzene rings is 2. The van der Waals surface area contributed by atoms with Crippen LogP contribution in [-0.4, -0.2) is 48.9 Å². The molecule has 0 saturated carbocycles. The fourth-order valence-corrected chi connectivity index (χ4v) is 3.74. The molecule has 2 aromatic rings. The summed E-state index contributed by atoms with van der Waals surface area (Å²) in [5.41, 5.74) is 1.89. The molecule has 2 aromatic carbocycles. The second-order valence-corrected chi connectivity index (χ2v) is 7.30. The van der Waals surface area contributed by atoms with E-state index in [4.69, 9.17) is 0 Å². The van der Waals surface area contributed by atoms with Crippen LogP contribution >= 0.6 is 0 Å². The van der Waals surface area contributed by atoms with Crippen LogP contribution in [0, 0.1) is 6.92 Å². The third kappa shape index (κ3) is 6.09. The maximum atomic E-state index is 12.3. The predicted molar refractivity (Wildman–Crippen MR) is 85.9 cm³/mol. The first-order chi connectivity index (χ1) is 8.66. The van der Waals surface area contributed by atoms with Gasteiger partial charge in [0.2, 0.25) is 0 Å². The van der Waals surface area contributed by atoms with Crippen LogP contribution in [-0.2, 0) is 0 Å². The molecule has 2 radical (unpaired) electrons. The average molecular weight is 352 g/mol. The molecule has 114 valence electrons. The van der Waals surface area contributed by atoms with Crippen LogP contribution in [0.2, 0.25) is 0 Å². The molecule has 0 saturated heterocycles. The topological polar surface area (TPSA) is 115 Å². The smallest absolute Gasteiger partial charge is 0.412 e. The number of nitrogens with zero attached hydrogens (tertiary/aromatic N) is 1. The number of hydrogen-bond acceptors (Lipinski definition) is 1. The van der Waals surface area contributed by atoms with Gasteiger partial charge >= 0.3 is 114 Å². The normalized spacial score (nSPS) is 8.67. The van der Waals surface area contributed by atoms with E-state index in [0.717, 1.165) is 11.1 Å². The monoisotopic (exact) mass is 353 g/mol. The first-order valence-electron chi connectivity index (χ1n) is 5.83. The van der Waals surface area contributed by atoms with Gasteiger partial charge in [-0.15, -0.1) is 0 Å². The maximum absolute atomic E-state index is 12.3. The van der Waals surface area contributed by atoms with Crippen LogP contribution in [0.15, 0.2) is 54.6 Å². The Bertz CT molecular complexity index is 548. The van der Waals surface area contributed by atoms with Crippen molar-refractivity contribution in [3.63, 3.8) is 0 Å². The summed E-state index contributed by atoms with van der Waals surface area (Å²) in [6, 6.07) is 18.0. The fourth-order valence-electron chi connectivity index (χ4n) is 1.73. The number of carbonyl (C=O) groups is 1. The van der Waals surface area contributed by atoms with E-state index in [0.29, 0.717) is 0 Å². The Labute approximate surface area is 131 Å². The van der Waals surface area contributed by atoms with Gasteiger partial charge in [-0.25, -0.2) is 0 Å². The molecule has 0 aliphatic heterocycles. The molecule has 6 heteroatoms. The Morgan fingerprint density at radius 1 is 0.952 bits per heavy atom. The molecule has 0 atom stereocenters. The van der Waals surface area contributed by atoms with Gasteiger partial charge in [0.05, 0.1) is 0 Å². The third-order valence-corrected chi connectivity index (χ3v) is 5.01. The summed E-state index contributed by atoms with van der Waals surface area (Å²) < 4.78 is 3.13. The van der Waals surface area contributed by atoms with Gasteiger partial charge in [0, 0.05) is 0 Å². The predicted octanol–water partition coefficient (Wildman–Crippen LogP) is -0.462. The van der Waals surface area contributed by atoms with Crippen LogP contribution < -0.4 is 4.40 Å². The molecular weight excluding hydrogens is 331 g/mol. The van der Waals surface area contributed by atoms with Crippen LogP contribution in [0.4, 0.5) is 0 Å². The van der Waals surface area contributed by atoms with E-state index in [-0.39, 0.29) is 22.3 Å². The Morgan fingerprint density at radius 3 is 2.14 bits per heavy atom. The molecule has 0 spiro atoms. The summed E-state index contributed by atoms with van der Waals surface area (Å²) in [7, 11) is 1.89. The SMILES string of the molecule is Cc1cccc(C(=O)[N](C)[Ge][c]2ccccc2)c1.O.O.O. The van der Waals surface area contributed by atoms with Crippen molar-refractivity contribution in [1.29, 1.82) is 0 Å². The number of amides is 1. The number of hydrogen-bond donors (Lipinski definition) is 0. The number of carbonyl (C=O) groups excluding carboxylic acids is 1. The third-order valence-electron chi connectivity index (χ3n) is 2.64. The van der Waals surface area contributed by atoms with Gasteiger partial charge in [-0.1, -0.05) is 0 Å². The zero-order valence-corrected chi connectivity index (χ0v) is 14.1. The van der Waals surface area contributed by atoms with E-state index >= 15 is 0 Å². The van der Waals surface area contributed by atoms with Crippen molar-refractivity contribution in [2.45, 2.75) is 6.92 Å². The van der Waals surface area contributed by atoms with E-state index in [1.165, 1.54) is 4.40 Å². The minimum Gasteiger partial charge on any atom is -0.412 e. The quantitative estimate of drug-likeness (QED) is 0.684. The number of aryl methyl sites for hydroxylation is 1. The summed E-state index contributed by atoms with van der Waals surface area (Å²) in [5, 5.41) is 0. The van der Waals surface area contributed by atoms with Gasteiger partial charge < -0.3 is 16.4 Å². The second-order valence-electron chi connectivity index (χ2n) is 4.21. The first-order valence-corrected chi connectivity index (χ1v) is 7.82. The molecule has 2 rings (SSSR count). The van der Waals surface area contributed by atoms with E-state index in [2.05, 4.69) is 12.1 Å². The van der Waals surface area contributed by atoms with Crippen molar-refractivity contribution < 1.29 is 21.2 Å². The van der Waals surface area contributed by atoms with Crippen molar-refractivity contribution in [2.24, 2.45) is 0 Å². The molecule has 21 heavy (non-hydrogen) atoms. The molecule has 1 amide bonds. The van der Waals surface area contributed by atoms with Gasteiger partial charge in [0.15, 0.2) is 0 Å². The van der Waals surface area contributed by atoms with Gasteiger partial charge in [0.1, 0.15) is 0 Å². The van der Waals surface area contributed by atoms with Gasteiger partial charge in [-0.3, -0.25) is 0 Å². The van der Waals surface area contributed by atoms with Crippen molar-refractivity contribution in [1.82, 2.24) is 3.86 Å². The van der Waals surface area contributed by atoms with Crippen LogP contribution in [0.3, 0.4) is 0 Å². The van der Waals surface area contributed by atoms with Gasteiger partial charge in [-0.2, -0.15) is 0 Å². The first kappa shape index (κ1) is 21.6. The summed E-state index contributed by atoms with van der Waals surface area (Å²) in [6.45, 7) is 2.00. The Hall–Kier alpha value is -1.67. The Balaban J connectivity index is 0. The summed E-state index contributed by atoms with van der Waals surface area (Å²) in [5.74, 6) is 0.113. The standard InChI is InChI=1S/C15H15GeNO.3H2O/c1-12-7-6-8-13(11-12)15(18)17(2)16-14-9-4-3-5-10-14;;;/h3-11H,1-2H3;3*1H2. The minimum atomic E-state index is -0.573. The van der Waals surface area contributed by atoms with E-state index in [1.807, 2.05) is 60.3 Å². The number of rotatable bonds is 3. The molecule has 5 nitrogen and oxygen atoms in total. The van der Waals surface area contributed by atoms with Crippen molar-refractivity contribution in [3.8, 4) is 0 Å². The van der Waals surface area contributed by atoms with Gasteiger partial charge in [-0.05, 0) is 0 Å². The summed E-state index contributed by atoms with van der Waals surface area (Å²) in [4.78, 5) is 12.3. The molecule has 0 bridgehead atoms. The Kier molecular flexibility index (Phi) is 10.4. The molecule has 0 heterocycles. The van der Waals surface area contributed by atoms with E-state index < -0.39 is 15.7 Å². The van der Waals surface area contributed by atoms with Crippen LogP contribution in [0.1, 0.15) is 15.9 Å². The van der Waals surface area contributed by atoms with E-state index in [9.17, 15) is 4.79 Å². The average Bonchev–Trinajstić information content (AvgIpc) is 2.39. The molecule has 0 aliphatic carbocycles. The van der Waals surface area contributed by atoms with E-state index in [1.54, 1.807) is 0 Å². The van der Waals surface area contributed by atoms with Crippen molar-refractivity contribution in [2.75, 3.05) is 7.05 Å². The molecule has 0 fully saturated rings. The second kappa shape index (κ2) is 10.1. The van der Waals surface area contributed by atoms with Crippen molar-refractivity contribution in [3.05, 3.63) is 65.7 Å². The summed E-state index contributed by atoms with van der Waals surface area (Å²) in [6.07, 6.45) is 0. The molecule has 0 unspecified atom stereocenters. The van der Waals surface area contributed by atoms with Gasteiger partial charge in [0.25, 0.3) is 0 Å². The summed E-state index contributed by atoms with van der Waals surface area (Å²) >= 11 is -0.573. The molecule has 0 aliphatic rings. The van der Waals surface area contributed by atoms with Crippen LogP contribution in [0.5, 0.6) is 0 Å². The van der Waals surface area contributed by atoms with Crippen molar-refractivity contribution >= 4 is 26.0 Å². The molecule has 6 N–H and O–H groups in total. The zero-order valence-electron chi connectivity index (χ0n) is 12.1. The minimum absolute atomic E-state index is 0. The maximum Gasteiger partial charge on any atom is -0.412 e. The molecular formula is C15H21GeNO4. The zero-order chi connectivity index (χ0) is 13.0. The molecule has 0 aromatic heterocycles.